The largest absolute Gasteiger partial charge is 0.345 e. The Morgan fingerprint density at radius 1 is 1.32 bits per heavy atom. The van der Waals surface area contributed by atoms with Crippen molar-refractivity contribution < 1.29 is 0 Å². The summed E-state index contributed by atoms with van der Waals surface area (Å²) in [5.74, 6) is 0.763. The quantitative estimate of drug-likeness (QED) is 0.902. The lowest BCUT2D eigenvalue weighted by atomic mass is 9.91. The van der Waals surface area contributed by atoms with E-state index in [0.717, 1.165) is 12.5 Å². The topological polar surface area (TPSA) is 42.2 Å². The van der Waals surface area contributed by atoms with Crippen molar-refractivity contribution >= 4 is 16.5 Å². The van der Waals surface area contributed by atoms with E-state index in [1.165, 1.54) is 28.5 Å². The van der Waals surface area contributed by atoms with Gasteiger partial charge in [0.25, 0.3) is 0 Å². The summed E-state index contributed by atoms with van der Waals surface area (Å²) < 4.78 is 0. The van der Waals surface area contributed by atoms with Crippen LogP contribution >= 0.6 is 11.3 Å². The van der Waals surface area contributed by atoms with E-state index in [2.05, 4.69) is 39.5 Å². The van der Waals surface area contributed by atoms with Crippen molar-refractivity contribution in [2.75, 3.05) is 11.4 Å². The molecule has 1 aliphatic rings. The second kappa shape index (κ2) is 5.41. The highest BCUT2D eigenvalue weighted by molar-refractivity contribution is 7.15. The molecule has 2 heterocycles. The number of hydrogen-bond acceptors (Lipinski definition) is 4. The Labute approximate surface area is 121 Å². The molecule has 0 amide bonds. The maximum Gasteiger partial charge on any atom is 0.186 e. The van der Waals surface area contributed by atoms with E-state index in [1.807, 2.05) is 0 Å². The minimum atomic E-state index is 0.0775. The van der Waals surface area contributed by atoms with Gasteiger partial charge < -0.3 is 10.6 Å². The molecule has 2 rings (SSSR count). The summed E-state index contributed by atoms with van der Waals surface area (Å²) in [4.78, 5) is 8.65. The maximum atomic E-state index is 5.90. The molecule has 19 heavy (non-hydrogen) atoms. The van der Waals surface area contributed by atoms with Crippen molar-refractivity contribution in [2.24, 2.45) is 11.7 Å². The second-order valence-electron chi connectivity index (χ2n) is 6.91. The Balaban J connectivity index is 2.32. The summed E-state index contributed by atoms with van der Waals surface area (Å²) in [6.45, 7) is 13.0. The van der Waals surface area contributed by atoms with Crippen LogP contribution in [0.5, 0.6) is 0 Å². The number of hydrogen-bond donors (Lipinski definition) is 1. The van der Waals surface area contributed by atoms with Crippen LogP contribution in [0.4, 0.5) is 5.13 Å². The summed E-state index contributed by atoms with van der Waals surface area (Å²) in [7, 11) is 0. The number of rotatable bonds is 2. The number of thiazole rings is 1. The van der Waals surface area contributed by atoms with Crippen molar-refractivity contribution in [1.29, 1.82) is 0 Å². The fraction of sp³-hybridized carbons (Fsp3) is 0.800. The molecule has 0 aromatic carbocycles. The third-order valence-corrected chi connectivity index (χ3v) is 5.06. The molecule has 2 atom stereocenters. The van der Waals surface area contributed by atoms with Gasteiger partial charge in [-0.25, -0.2) is 4.98 Å². The van der Waals surface area contributed by atoms with Crippen LogP contribution in [0.15, 0.2) is 0 Å². The first-order valence-corrected chi connectivity index (χ1v) is 8.11. The number of nitrogens with zero attached hydrogens (tertiary/aromatic N) is 2. The van der Waals surface area contributed by atoms with Crippen molar-refractivity contribution in [3.8, 4) is 0 Å². The third kappa shape index (κ3) is 3.11. The van der Waals surface area contributed by atoms with Crippen LogP contribution in [0.2, 0.25) is 0 Å². The van der Waals surface area contributed by atoms with Crippen LogP contribution in [-0.2, 0) is 12.0 Å². The molecule has 4 heteroatoms. The van der Waals surface area contributed by atoms with E-state index in [0.29, 0.717) is 12.6 Å². The lowest BCUT2D eigenvalue weighted by molar-refractivity contribution is 0.389. The van der Waals surface area contributed by atoms with E-state index in [4.69, 9.17) is 10.7 Å². The SMILES string of the molecule is CC1CCC(C)N(c2nc(C(C)(C)C)c(CN)s2)C1. The van der Waals surface area contributed by atoms with Gasteiger partial charge in [0.05, 0.1) is 5.69 Å². The predicted molar refractivity (Wildman–Crippen MR) is 83.9 cm³/mol. The van der Waals surface area contributed by atoms with Gasteiger partial charge in [-0.2, -0.15) is 0 Å². The summed E-state index contributed by atoms with van der Waals surface area (Å²) in [6, 6.07) is 0.598. The van der Waals surface area contributed by atoms with Crippen LogP contribution < -0.4 is 10.6 Å². The fourth-order valence-corrected chi connectivity index (χ4v) is 4.00. The molecule has 1 fully saturated rings. The van der Waals surface area contributed by atoms with Crippen LogP contribution in [0.3, 0.4) is 0 Å². The first kappa shape index (κ1) is 14.8. The lowest BCUT2D eigenvalue weighted by Crippen LogP contribution is -2.41. The molecule has 1 saturated heterocycles. The van der Waals surface area contributed by atoms with Gasteiger partial charge in [-0.3, -0.25) is 0 Å². The standard InChI is InChI=1S/C15H27N3S/c1-10-6-7-11(2)18(9-10)14-17-13(15(3,4)5)12(8-16)19-14/h10-11H,6-9,16H2,1-5H3. The Hall–Kier alpha value is -0.610. The molecule has 1 aliphatic heterocycles. The van der Waals surface area contributed by atoms with E-state index in [9.17, 15) is 0 Å². The van der Waals surface area contributed by atoms with Gasteiger partial charge in [0.1, 0.15) is 0 Å². The zero-order chi connectivity index (χ0) is 14.2. The molecule has 3 nitrogen and oxygen atoms in total. The van der Waals surface area contributed by atoms with Gasteiger partial charge in [-0.05, 0) is 25.7 Å². The Morgan fingerprint density at radius 2 is 2.00 bits per heavy atom. The van der Waals surface area contributed by atoms with Gasteiger partial charge in [0.15, 0.2) is 5.13 Å². The number of nitrogens with two attached hydrogens (primary N) is 1. The second-order valence-corrected chi connectivity index (χ2v) is 7.97. The number of aromatic nitrogens is 1. The maximum absolute atomic E-state index is 5.90. The van der Waals surface area contributed by atoms with E-state index in [-0.39, 0.29) is 5.41 Å². The number of piperidine rings is 1. The van der Waals surface area contributed by atoms with Crippen molar-refractivity contribution in [1.82, 2.24) is 4.98 Å². The molecule has 2 N–H and O–H groups in total. The first-order chi connectivity index (χ1) is 8.82. The predicted octanol–water partition coefficient (Wildman–Crippen LogP) is 3.52. The Morgan fingerprint density at radius 3 is 2.53 bits per heavy atom. The Bertz CT molecular complexity index is 433. The summed E-state index contributed by atoms with van der Waals surface area (Å²) >= 11 is 1.79. The van der Waals surface area contributed by atoms with Gasteiger partial charge in [-0.15, -0.1) is 11.3 Å². The molecule has 108 valence electrons. The van der Waals surface area contributed by atoms with Crippen LogP contribution in [0, 0.1) is 5.92 Å². The lowest BCUT2D eigenvalue weighted by Gasteiger charge is -2.36. The smallest absolute Gasteiger partial charge is 0.186 e. The minimum Gasteiger partial charge on any atom is -0.345 e. The van der Waals surface area contributed by atoms with Gasteiger partial charge in [0, 0.05) is 29.4 Å². The minimum absolute atomic E-state index is 0.0775. The average Bonchev–Trinajstić information content (AvgIpc) is 2.76. The normalized spacial score (nSPS) is 24.8. The molecule has 2 unspecified atom stereocenters. The Kier molecular flexibility index (Phi) is 4.21. The highest BCUT2D eigenvalue weighted by Gasteiger charge is 2.29. The summed E-state index contributed by atoms with van der Waals surface area (Å²) in [5.41, 5.74) is 7.16. The van der Waals surface area contributed by atoms with Crippen molar-refractivity contribution in [3.05, 3.63) is 10.6 Å². The average molecular weight is 281 g/mol. The zero-order valence-electron chi connectivity index (χ0n) is 12.9. The van der Waals surface area contributed by atoms with Crippen LogP contribution in [0.1, 0.15) is 58.0 Å². The highest BCUT2D eigenvalue weighted by Crippen LogP contribution is 2.36. The highest BCUT2D eigenvalue weighted by atomic mass is 32.1. The summed E-state index contributed by atoms with van der Waals surface area (Å²) in [5, 5.41) is 1.17. The molecule has 0 saturated carbocycles. The summed E-state index contributed by atoms with van der Waals surface area (Å²) in [6.07, 6.45) is 2.60. The molecule has 0 bridgehead atoms. The van der Waals surface area contributed by atoms with Gasteiger partial charge in [0.2, 0.25) is 0 Å². The van der Waals surface area contributed by atoms with E-state index in [1.54, 1.807) is 11.3 Å². The van der Waals surface area contributed by atoms with Crippen molar-refractivity contribution in [2.45, 2.75) is 65.5 Å². The van der Waals surface area contributed by atoms with Gasteiger partial charge in [-0.1, -0.05) is 27.7 Å². The molecule has 0 aliphatic carbocycles. The molecule has 0 radical (unpaired) electrons. The van der Waals surface area contributed by atoms with E-state index >= 15 is 0 Å². The molecular formula is C15H27N3S. The first-order valence-electron chi connectivity index (χ1n) is 7.29. The van der Waals surface area contributed by atoms with Crippen molar-refractivity contribution in [3.63, 3.8) is 0 Å². The fourth-order valence-electron chi connectivity index (χ4n) is 2.74. The number of anilines is 1. The van der Waals surface area contributed by atoms with E-state index < -0.39 is 0 Å². The molecular weight excluding hydrogens is 254 g/mol. The van der Waals surface area contributed by atoms with Crippen LogP contribution in [-0.4, -0.2) is 17.6 Å². The monoisotopic (exact) mass is 281 g/mol. The van der Waals surface area contributed by atoms with Gasteiger partial charge >= 0.3 is 0 Å². The molecule has 0 spiro atoms. The third-order valence-electron chi connectivity index (χ3n) is 3.95. The van der Waals surface area contributed by atoms with Crippen LogP contribution in [0.25, 0.3) is 0 Å². The molecule has 1 aromatic rings. The zero-order valence-corrected chi connectivity index (χ0v) is 13.7. The molecule has 1 aromatic heterocycles.